The van der Waals surface area contributed by atoms with Crippen LogP contribution >= 0.6 is 11.8 Å². The van der Waals surface area contributed by atoms with Gasteiger partial charge >= 0.3 is 0 Å². The minimum atomic E-state index is -0.275. The zero-order chi connectivity index (χ0) is 18.5. The van der Waals surface area contributed by atoms with Crippen molar-refractivity contribution < 1.29 is 9.53 Å². The van der Waals surface area contributed by atoms with E-state index in [1.165, 1.54) is 11.8 Å². The molecule has 7 nitrogen and oxygen atoms in total. The van der Waals surface area contributed by atoms with Gasteiger partial charge in [-0.25, -0.2) is 0 Å². The lowest BCUT2D eigenvalue weighted by molar-refractivity contribution is -0.115. The molecule has 2 heterocycles. The maximum absolute atomic E-state index is 12.5. The maximum atomic E-state index is 12.5. The molecule has 8 heteroatoms. The molecule has 0 aliphatic carbocycles. The van der Waals surface area contributed by atoms with Crippen LogP contribution in [-0.4, -0.2) is 52.2 Å². The van der Waals surface area contributed by atoms with Crippen LogP contribution in [0.5, 0.6) is 0 Å². The number of amides is 1. The summed E-state index contributed by atoms with van der Waals surface area (Å²) in [7, 11) is 0. The molecule has 1 atom stereocenters. The van der Waals surface area contributed by atoms with Crippen molar-refractivity contribution >= 4 is 29.3 Å². The van der Waals surface area contributed by atoms with Crippen molar-refractivity contribution in [1.82, 2.24) is 14.8 Å². The topological polar surface area (TPSA) is 72.3 Å². The number of aromatic nitrogens is 3. The number of nitrogens with zero attached hydrogens (tertiary/aromatic N) is 4. The van der Waals surface area contributed by atoms with E-state index in [4.69, 9.17) is 4.74 Å². The Kier molecular flexibility index (Phi) is 6.16. The van der Waals surface area contributed by atoms with E-state index in [-0.39, 0.29) is 11.2 Å². The number of carbonyl (C=O) groups is 1. The molecule has 1 aromatic heterocycles. The Hall–Kier alpha value is -2.06. The van der Waals surface area contributed by atoms with Crippen LogP contribution in [0.4, 0.5) is 11.6 Å². The van der Waals surface area contributed by atoms with Gasteiger partial charge in [0.05, 0.1) is 18.5 Å². The molecule has 2 aromatic rings. The Morgan fingerprint density at radius 3 is 2.62 bits per heavy atom. The van der Waals surface area contributed by atoms with Gasteiger partial charge in [0.25, 0.3) is 0 Å². The van der Waals surface area contributed by atoms with E-state index in [0.29, 0.717) is 13.2 Å². The highest BCUT2D eigenvalue weighted by Crippen LogP contribution is 2.26. The quantitative estimate of drug-likeness (QED) is 0.783. The summed E-state index contributed by atoms with van der Waals surface area (Å²) in [5.41, 5.74) is 1.97. The smallest absolute Gasteiger partial charge is 0.237 e. The summed E-state index contributed by atoms with van der Waals surface area (Å²) in [6.45, 7) is 9.76. The van der Waals surface area contributed by atoms with E-state index in [1.807, 2.05) is 38.1 Å². The molecule has 0 unspecified atom stereocenters. The second kappa shape index (κ2) is 8.55. The van der Waals surface area contributed by atoms with Crippen molar-refractivity contribution in [2.45, 2.75) is 37.7 Å². The minimum absolute atomic E-state index is 0.0440. The molecule has 1 aliphatic rings. The van der Waals surface area contributed by atoms with Crippen LogP contribution in [0.3, 0.4) is 0 Å². The van der Waals surface area contributed by atoms with Gasteiger partial charge in [-0.05, 0) is 32.9 Å². The van der Waals surface area contributed by atoms with Crippen LogP contribution in [0, 0.1) is 6.92 Å². The Balaban J connectivity index is 1.66. The van der Waals surface area contributed by atoms with E-state index in [9.17, 15) is 4.79 Å². The predicted octanol–water partition coefficient (Wildman–Crippen LogP) is 2.56. The molecule has 3 rings (SSSR count). The standard InChI is InChI=1S/C18H25N5O2S/c1-4-23-17(22-9-11-25-12-10-22)20-21-18(23)26-14(3)16(24)19-15-7-5-13(2)6-8-15/h5-8,14H,4,9-12H2,1-3H3,(H,19,24)/t14-/m0/s1. The zero-order valence-corrected chi connectivity index (χ0v) is 16.3. The number of ether oxygens (including phenoxy) is 1. The van der Waals surface area contributed by atoms with E-state index in [0.717, 1.165) is 42.0 Å². The van der Waals surface area contributed by atoms with Crippen LogP contribution in [0.15, 0.2) is 29.4 Å². The van der Waals surface area contributed by atoms with Gasteiger partial charge in [0.1, 0.15) is 0 Å². The average Bonchev–Trinajstić information content (AvgIpc) is 3.06. The highest BCUT2D eigenvalue weighted by Gasteiger charge is 2.23. The first-order valence-corrected chi connectivity index (χ1v) is 9.76. The second-order valence-electron chi connectivity index (χ2n) is 6.24. The molecular weight excluding hydrogens is 350 g/mol. The van der Waals surface area contributed by atoms with Crippen molar-refractivity contribution in [2.75, 3.05) is 36.5 Å². The number of anilines is 2. The van der Waals surface area contributed by atoms with Gasteiger partial charge in [-0.3, -0.25) is 9.36 Å². The Morgan fingerprint density at radius 2 is 1.96 bits per heavy atom. The molecule has 26 heavy (non-hydrogen) atoms. The monoisotopic (exact) mass is 375 g/mol. The molecule has 0 radical (unpaired) electrons. The van der Waals surface area contributed by atoms with Gasteiger partial charge in [-0.15, -0.1) is 10.2 Å². The molecule has 0 saturated carbocycles. The fraction of sp³-hybridized carbons (Fsp3) is 0.500. The normalized spacial score (nSPS) is 15.7. The lowest BCUT2D eigenvalue weighted by atomic mass is 10.2. The fourth-order valence-electron chi connectivity index (χ4n) is 2.73. The second-order valence-corrected chi connectivity index (χ2v) is 7.55. The number of hydrogen-bond donors (Lipinski definition) is 1. The first-order chi connectivity index (χ1) is 12.6. The van der Waals surface area contributed by atoms with Crippen LogP contribution < -0.4 is 10.2 Å². The molecule has 0 bridgehead atoms. The molecule has 1 aromatic carbocycles. The number of rotatable bonds is 6. The summed E-state index contributed by atoms with van der Waals surface area (Å²) >= 11 is 1.43. The van der Waals surface area contributed by atoms with E-state index in [2.05, 4.69) is 31.9 Å². The lowest BCUT2D eigenvalue weighted by Crippen LogP contribution is -2.38. The van der Waals surface area contributed by atoms with E-state index < -0.39 is 0 Å². The summed E-state index contributed by atoms with van der Waals surface area (Å²) in [5.74, 6) is 0.807. The number of morpholine rings is 1. The highest BCUT2D eigenvalue weighted by molar-refractivity contribution is 8.00. The van der Waals surface area contributed by atoms with Crippen molar-refractivity contribution in [3.05, 3.63) is 29.8 Å². The lowest BCUT2D eigenvalue weighted by Gasteiger charge is -2.27. The van der Waals surface area contributed by atoms with E-state index in [1.54, 1.807) is 0 Å². The summed E-state index contributed by atoms with van der Waals surface area (Å²) in [6.07, 6.45) is 0. The molecule has 1 amide bonds. The van der Waals surface area contributed by atoms with Gasteiger partial charge < -0.3 is 15.0 Å². The highest BCUT2D eigenvalue weighted by atomic mass is 32.2. The van der Waals surface area contributed by atoms with Crippen LogP contribution in [0.25, 0.3) is 0 Å². The summed E-state index contributed by atoms with van der Waals surface area (Å²) in [4.78, 5) is 14.7. The van der Waals surface area contributed by atoms with Crippen LogP contribution in [0.2, 0.25) is 0 Å². The molecule has 140 valence electrons. The number of hydrogen-bond acceptors (Lipinski definition) is 6. The Morgan fingerprint density at radius 1 is 1.27 bits per heavy atom. The van der Waals surface area contributed by atoms with Crippen molar-refractivity contribution in [1.29, 1.82) is 0 Å². The minimum Gasteiger partial charge on any atom is -0.378 e. The molecule has 0 spiro atoms. The first-order valence-electron chi connectivity index (χ1n) is 8.88. The maximum Gasteiger partial charge on any atom is 0.237 e. The Bertz CT molecular complexity index is 741. The van der Waals surface area contributed by atoms with Gasteiger partial charge in [-0.1, -0.05) is 29.5 Å². The third-order valence-electron chi connectivity index (χ3n) is 4.28. The number of nitrogens with one attached hydrogen (secondary N) is 1. The molecule has 1 fully saturated rings. The third kappa shape index (κ3) is 4.37. The summed E-state index contributed by atoms with van der Waals surface area (Å²) in [6, 6.07) is 7.79. The summed E-state index contributed by atoms with van der Waals surface area (Å²) in [5, 5.41) is 12.1. The number of carbonyl (C=O) groups excluding carboxylic acids is 1. The largest absolute Gasteiger partial charge is 0.378 e. The van der Waals surface area contributed by atoms with Crippen LogP contribution in [-0.2, 0) is 16.1 Å². The van der Waals surface area contributed by atoms with Crippen molar-refractivity contribution in [2.24, 2.45) is 0 Å². The predicted molar refractivity (Wildman–Crippen MR) is 104 cm³/mol. The first kappa shape index (κ1) is 18.7. The molecule has 1 N–H and O–H groups in total. The zero-order valence-electron chi connectivity index (χ0n) is 15.4. The fourth-order valence-corrected chi connectivity index (χ4v) is 3.64. The summed E-state index contributed by atoms with van der Waals surface area (Å²) < 4.78 is 7.47. The van der Waals surface area contributed by atoms with Gasteiger partial charge in [0, 0.05) is 25.3 Å². The van der Waals surface area contributed by atoms with Gasteiger partial charge in [0.15, 0.2) is 5.16 Å². The molecule has 1 saturated heterocycles. The average molecular weight is 375 g/mol. The number of aryl methyl sites for hydroxylation is 1. The van der Waals surface area contributed by atoms with Crippen LogP contribution in [0.1, 0.15) is 19.4 Å². The Labute approximate surface area is 158 Å². The SMILES string of the molecule is CCn1c(S[C@@H](C)C(=O)Nc2ccc(C)cc2)nnc1N1CCOCC1. The van der Waals surface area contributed by atoms with Crippen molar-refractivity contribution in [3.8, 4) is 0 Å². The van der Waals surface area contributed by atoms with Gasteiger partial charge in [-0.2, -0.15) is 0 Å². The van der Waals surface area contributed by atoms with Crippen molar-refractivity contribution in [3.63, 3.8) is 0 Å². The molecular formula is C18H25N5O2S. The van der Waals surface area contributed by atoms with E-state index >= 15 is 0 Å². The number of benzene rings is 1. The number of thioether (sulfide) groups is 1. The molecule has 1 aliphatic heterocycles. The van der Waals surface area contributed by atoms with Gasteiger partial charge in [0.2, 0.25) is 11.9 Å². The third-order valence-corrected chi connectivity index (χ3v) is 5.36.